The molecule has 1 atom stereocenters. The zero-order chi connectivity index (χ0) is 22.9. The summed E-state index contributed by atoms with van der Waals surface area (Å²) in [5.41, 5.74) is 3.16. The van der Waals surface area contributed by atoms with Gasteiger partial charge in [0.15, 0.2) is 11.5 Å². The number of rotatable bonds is 10. The Morgan fingerprint density at radius 2 is 1.84 bits per heavy atom. The van der Waals surface area contributed by atoms with Gasteiger partial charge in [0.25, 0.3) is 0 Å². The smallest absolute Gasteiger partial charge is 0.242 e. The highest BCUT2D eigenvalue weighted by atomic mass is 16.6. The number of amides is 2. The summed E-state index contributed by atoms with van der Waals surface area (Å²) < 4.78 is 11.2. The number of fused-ring (bicyclic) bond motifs is 1. The van der Waals surface area contributed by atoms with E-state index in [1.807, 2.05) is 43.3 Å². The van der Waals surface area contributed by atoms with Crippen molar-refractivity contribution in [3.63, 3.8) is 0 Å². The largest absolute Gasteiger partial charge is 0.486 e. The number of nitrogens with zero attached hydrogens (tertiary/aromatic N) is 1. The Labute approximate surface area is 190 Å². The van der Waals surface area contributed by atoms with Crippen LogP contribution in [0.2, 0.25) is 0 Å². The van der Waals surface area contributed by atoms with Crippen LogP contribution in [0.15, 0.2) is 42.5 Å². The molecule has 0 aliphatic carbocycles. The molecule has 6 nitrogen and oxygen atoms in total. The fraction of sp³-hybridized carbons (Fsp3) is 0.462. The van der Waals surface area contributed by atoms with Gasteiger partial charge in [-0.25, -0.2) is 0 Å². The molecule has 172 valence electrons. The summed E-state index contributed by atoms with van der Waals surface area (Å²) in [4.78, 5) is 27.7. The van der Waals surface area contributed by atoms with Gasteiger partial charge < -0.3 is 19.7 Å². The Bertz CT molecular complexity index is 928. The molecule has 2 amide bonds. The summed E-state index contributed by atoms with van der Waals surface area (Å²) in [6, 6.07) is 13.3. The zero-order valence-corrected chi connectivity index (χ0v) is 19.4. The van der Waals surface area contributed by atoms with Crippen LogP contribution in [0.5, 0.6) is 11.5 Å². The third-order valence-corrected chi connectivity index (χ3v) is 5.67. The molecule has 1 N–H and O–H groups in total. The fourth-order valence-electron chi connectivity index (χ4n) is 3.76. The highest BCUT2D eigenvalue weighted by molar-refractivity contribution is 5.87. The molecule has 0 aromatic heterocycles. The van der Waals surface area contributed by atoms with Crippen LogP contribution in [0, 0.1) is 6.92 Å². The van der Waals surface area contributed by atoms with Crippen LogP contribution in [-0.4, -0.2) is 42.5 Å². The molecule has 3 rings (SSSR count). The van der Waals surface area contributed by atoms with Crippen molar-refractivity contribution < 1.29 is 19.1 Å². The summed E-state index contributed by atoms with van der Waals surface area (Å²) >= 11 is 0. The van der Waals surface area contributed by atoms with Crippen molar-refractivity contribution in [3.8, 4) is 11.5 Å². The molecular weight excluding hydrogens is 404 g/mol. The lowest BCUT2D eigenvalue weighted by Crippen LogP contribution is -2.47. The Balaban J connectivity index is 1.69. The normalized spacial score (nSPS) is 13.3. The molecule has 1 aliphatic heterocycles. The molecule has 0 saturated heterocycles. The molecule has 2 aromatic carbocycles. The molecule has 0 radical (unpaired) electrons. The second-order valence-electron chi connectivity index (χ2n) is 8.31. The van der Waals surface area contributed by atoms with Gasteiger partial charge in [-0.3, -0.25) is 9.59 Å². The quantitative estimate of drug-likeness (QED) is 0.569. The molecule has 1 aliphatic rings. The predicted octanol–water partition coefficient (Wildman–Crippen LogP) is 4.03. The van der Waals surface area contributed by atoms with E-state index in [0.717, 1.165) is 41.0 Å². The highest BCUT2D eigenvalue weighted by Crippen LogP contribution is 2.31. The maximum Gasteiger partial charge on any atom is 0.242 e. The molecule has 1 heterocycles. The van der Waals surface area contributed by atoms with E-state index in [4.69, 9.17) is 9.47 Å². The first-order valence-corrected chi connectivity index (χ1v) is 11.5. The van der Waals surface area contributed by atoms with Gasteiger partial charge in [-0.1, -0.05) is 49.2 Å². The maximum atomic E-state index is 13.3. The van der Waals surface area contributed by atoms with E-state index in [9.17, 15) is 9.59 Å². The van der Waals surface area contributed by atoms with Gasteiger partial charge in [0.05, 0.1) is 0 Å². The number of unbranched alkanes of at least 4 members (excludes halogenated alkanes) is 1. The van der Waals surface area contributed by atoms with E-state index in [0.29, 0.717) is 39.1 Å². The number of aryl methyl sites for hydroxylation is 2. The van der Waals surface area contributed by atoms with Crippen molar-refractivity contribution >= 4 is 11.8 Å². The van der Waals surface area contributed by atoms with Gasteiger partial charge >= 0.3 is 0 Å². The lowest BCUT2D eigenvalue weighted by Gasteiger charge is -2.29. The number of ether oxygens (including phenoxy) is 2. The Morgan fingerprint density at radius 1 is 1.06 bits per heavy atom. The second kappa shape index (κ2) is 11.6. The SMILES string of the molecule is CCCCNC(=O)C(C)N(Cc1cccc(C)c1)C(=O)CCc1ccc2c(c1)OCCO2. The van der Waals surface area contributed by atoms with Crippen molar-refractivity contribution in [1.29, 1.82) is 0 Å². The minimum atomic E-state index is -0.542. The zero-order valence-electron chi connectivity index (χ0n) is 19.4. The minimum Gasteiger partial charge on any atom is -0.486 e. The van der Waals surface area contributed by atoms with Crippen molar-refractivity contribution in [3.05, 3.63) is 59.2 Å². The number of carbonyl (C=O) groups is 2. The Kier molecular flexibility index (Phi) is 8.54. The first kappa shape index (κ1) is 23.6. The van der Waals surface area contributed by atoms with Crippen LogP contribution in [0.25, 0.3) is 0 Å². The van der Waals surface area contributed by atoms with Crippen LogP contribution in [0.3, 0.4) is 0 Å². The summed E-state index contributed by atoms with van der Waals surface area (Å²) in [5, 5.41) is 2.96. The molecule has 0 fully saturated rings. The molecule has 32 heavy (non-hydrogen) atoms. The van der Waals surface area contributed by atoms with Crippen LogP contribution in [-0.2, 0) is 22.6 Å². The number of carbonyl (C=O) groups excluding carboxylic acids is 2. The van der Waals surface area contributed by atoms with Crippen LogP contribution in [0.1, 0.15) is 49.8 Å². The summed E-state index contributed by atoms with van der Waals surface area (Å²) in [6.07, 6.45) is 2.83. The number of hydrogen-bond donors (Lipinski definition) is 1. The molecular formula is C26H34N2O4. The predicted molar refractivity (Wildman–Crippen MR) is 125 cm³/mol. The second-order valence-corrected chi connectivity index (χ2v) is 8.31. The van der Waals surface area contributed by atoms with E-state index in [1.54, 1.807) is 11.8 Å². The van der Waals surface area contributed by atoms with Gasteiger partial charge in [-0.15, -0.1) is 0 Å². The molecule has 0 spiro atoms. The summed E-state index contributed by atoms with van der Waals surface area (Å²) in [7, 11) is 0. The van der Waals surface area contributed by atoms with Crippen molar-refractivity contribution in [2.24, 2.45) is 0 Å². The molecule has 6 heteroatoms. The van der Waals surface area contributed by atoms with Crippen LogP contribution < -0.4 is 14.8 Å². The standard InChI is InChI=1S/C26H34N2O4/c1-4-5-13-27-26(30)20(3)28(18-22-8-6-7-19(2)16-22)25(29)12-10-21-9-11-23-24(17-21)32-15-14-31-23/h6-9,11,16-17,20H,4-5,10,12-15,18H2,1-3H3,(H,27,30). The minimum absolute atomic E-state index is 0.0421. The van der Waals surface area contributed by atoms with Crippen molar-refractivity contribution in [2.75, 3.05) is 19.8 Å². The van der Waals surface area contributed by atoms with Crippen molar-refractivity contribution in [2.45, 2.75) is 59.0 Å². The van der Waals surface area contributed by atoms with Crippen LogP contribution in [0.4, 0.5) is 0 Å². The number of benzene rings is 2. The number of nitrogens with one attached hydrogen (secondary N) is 1. The summed E-state index contributed by atoms with van der Waals surface area (Å²) in [5.74, 6) is 1.31. The molecule has 1 unspecified atom stereocenters. The number of hydrogen-bond acceptors (Lipinski definition) is 4. The van der Waals surface area contributed by atoms with Gasteiger partial charge in [-0.05, 0) is 49.9 Å². The van der Waals surface area contributed by atoms with E-state index < -0.39 is 6.04 Å². The highest BCUT2D eigenvalue weighted by Gasteiger charge is 2.26. The first-order valence-electron chi connectivity index (χ1n) is 11.5. The summed E-state index contributed by atoms with van der Waals surface area (Å²) in [6.45, 7) is 8.03. The van der Waals surface area contributed by atoms with Gasteiger partial charge in [-0.2, -0.15) is 0 Å². The molecule has 0 bridgehead atoms. The van der Waals surface area contributed by atoms with Gasteiger partial charge in [0.2, 0.25) is 11.8 Å². The van der Waals surface area contributed by atoms with Gasteiger partial charge in [0.1, 0.15) is 19.3 Å². The topological polar surface area (TPSA) is 67.9 Å². The third-order valence-electron chi connectivity index (χ3n) is 5.67. The average molecular weight is 439 g/mol. The lowest BCUT2D eigenvalue weighted by atomic mass is 10.1. The Hall–Kier alpha value is -3.02. The fourth-order valence-corrected chi connectivity index (χ4v) is 3.76. The van der Waals surface area contributed by atoms with E-state index in [2.05, 4.69) is 18.3 Å². The van der Waals surface area contributed by atoms with E-state index in [1.165, 1.54) is 0 Å². The molecule has 0 saturated carbocycles. The Morgan fingerprint density at radius 3 is 2.59 bits per heavy atom. The van der Waals surface area contributed by atoms with E-state index >= 15 is 0 Å². The van der Waals surface area contributed by atoms with Gasteiger partial charge in [0, 0.05) is 19.5 Å². The van der Waals surface area contributed by atoms with E-state index in [-0.39, 0.29) is 11.8 Å². The maximum absolute atomic E-state index is 13.3. The first-order chi connectivity index (χ1) is 15.5. The average Bonchev–Trinajstić information content (AvgIpc) is 2.80. The third kappa shape index (κ3) is 6.49. The molecule has 2 aromatic rings. The lowest BCUT2D eigenvalue weighted by molar-refractivity contribution is -0.140. The van der Waals surface area contributed by atoms with Crippen LogP contribution >= 0.6 is 0 Å². The monoisotopic (exact) mass is 438 g/mol. The van der Waals surface area contributed by atoms with Crippen molar-refractivity contribution in [1.82, 2.24) is 10.2 Å².